The zero-order chi connectivity index (χ0) is 17.2. The van der Waals surface area contributed by atoms with E-state index < -0.39 is 23.9 Å². The van der Waals surface area contributed by atoms with E-state index in [1.807, 2.05) is 0 Å². The van der Waals surface area contributed by atoms with E-state index in [-0.39, 0.29) is 12.2 Å². The molecule has 128 valence electrons. The van der Waals surface area contributed by atoms with Gasteiger partial charge < -0.3 is 20.2 Å². The fraction of sp³-hybridized carbons (Fsp3) is 0.533. The van der Waals surface area contributed by atoms with Crippen molar-refractivity contribution in [3.8, 4) is 0 Å². The summed E-state index contributed by atoms with van der Waals surface area (Å²) in [7, 11) is 3.37. The molecule has 5 nitrogen and oxygen atoms in total. The van der Waals surface area contributed by atoms with Crippen molar-refractivity contribution in [3.63, 3.8) is 0 Å². The van der Waals surface area contributed by atoms with Crippen LogP contribution in [0.2, 0.25) is 0 Å². The lowest BCUT2D eigenvalue weighted by molar-refractivity contribution is -0.137. The lowest BCUT2D eigenvalue weighted by Gasteiger charge is -2.30. The number of halogens is 3. The number of amides is 2. The smallest absolute Gasteiger partial charge is 0.391 e. The number of carbonyl (C=O) groups is 1. The third-order valence-electron chi connectivity index (χ3n) is 3.73. The van der Waals surface area contributed by atoms with Crippen molar-refractivity contribution in [3.05, 3.63) is 23.8 Å². The molecule has 2 rings (SSSR count). The lowest BCUT2D eigenvalue weighted by atomic mass is 10.1. The Balaban J connectivity index is 2.24. The fourth-order valence-electron chi connectivity index (χ4n) is 2.54. The van der Waals surface area contributed by atoms with Crippen LogP contribution in [-0.2, 0) is 6.18 Å². The summed E-state index contributed by atoms with van der Waals surface area (Å²) in [6.45, 7) is 0.654. The average Bonchev–Trinajstić information content (AvgIpc) is 2.46. The van der Waals surface area contributed by atoms with Gasteiger partial charge in [0.1, 0.15) is 0 Å². The second-order valence-corrected chi connectivity index (χ2v) is 5.80. The SMILES string of the molecule is CN(C)c1ccc(C(F)(F)F)cc1NC(=O)N1CCCC(O)C1. The maximum atomic E-state index is 12.9. The molecule has 1 aromatic carbocycles. The molecule has 1 aliphatic heterocycles. The molecule has 0 radical (unpaired) electrons. The molecule has 1 saturated heterocycles. The monoisotopic (exact) mass is 331 g/mol. The largest absolute Gasteiger partial charge is 0.416 e. The third kappa shape index (κ3) is 4.28. The Bertz CT molecular complexity index is 576. The van der Waals surface area contributed by atoms with Gasteiger partial charge in [0.15, 0.2) is 0 Å². The summed E-state index contributed by atoms with van der Waals surface area (Å²) in [5.74, 6) is 0. The highest BCUT2D eigenvalue weighted by Gasteiger charge is 2.31. The van der Waals surface area contributed by atoms with E-state index in [0.717, 1.165) is 12.1 Å². The van der Waals surface area contributed by atoms with E-state index in [4.69, 9.17) is 0 Å². The Morgan fingerprint density at radius 3 is 2.65 bits per heavy atom. The molecule has 0 bridgehead atoms. The molecule has 1 atom stereocenters. The van der Waals surface area contributed by atoms with Gasteiger partial charge in [-0.2, -0.15) is 13.2 Å². The number of hydrogen-bond acceptors (Lipinski definition) is 3. The molecule has 2 amide bonds. The molecule has 8 heteroatoms. The Morgan fingerprint density at radius 1 is 1.39 bits per heavy atom. The van der Waals surface area contributed by atoms with E-state index in [1.54, 1.807) is 19.0 Å². The number of carbonyl (C=O) groups excluding carboxylic acids is 1. The molecule has 0 spiro atoms. The fourth-order valence-corrected chi connectivity index (χ4v) is 2.54. The van der Waals surface area contributed by atoms with Crippen LogP contribution in [0, 0.1) is 0 Å². The summed E-state index contributed by atoms with van der Waals surface area (Å²) in [6.07, 6.45) is -3.79. The molecule has 1 heterocycles. The van der Waals surface area contributed by atoms with Crippen LogP contribution in [0.4, 0.5) is 29.3 Å². The molecule has 1 aromatic rings. The first-order valence-corrected chi connectivity index (χ1v) is 7.31. The third-order valence-corrected chi connectivity index (χ3v) is 3.73. The summed E-state index contributed by atoms with van der Waals surface area (Å²) in [5, 5.41) is 12.1. The lowest BCUT2D eigenvalue weighted by Crippen LogP contribution is -2.44. The number of urea groups is 1. The van der Waals surface area contributed by atoms with Crippen LogP contribution >= 0.6 is 0 Å². The molecular weight excluding hydrogens is 311 g/mol. The molecule has 0 aliphatic carbocycles. The van der Waals surface area contributed by atoms with Crippen LogP contribution in [0.1, 0.15) is 18.4 Å². The van der Waals surface area contributed by atoms with Crippen molar-refractivity contribution in [2.24, 2.45) is 0 Å². The summed E-state index contributed by atoms with van der Waals surface area (Å²) in [4.78, 5) is 15.3. The second kappa shape index (κ2) is 6.66. The van der Waals surface area contributed by atoms with Gasteiger partial charge in [0, 0.05) is 27.2 Å². The summed E-state index contributed by atoms with van der Waals surface area (Å²) < 4.78 is 38.6. The van der Waals surface area contributed by atoms with Crippen molar-refractivity contribution >= 4 is 17.4 Å². The predicted octanol–water partition coefficient (Wildman–Crippen LogP) is 2.76. The van der Waals surface area contributed by atoms with Gasteiger partial charge in [0.05, 0.1) is 23.0 Å². The molecule has 1 unspecified atom stereocenters. The molecule has 0 aromatic heterocycles. The highest BCUT2D eigenvalue weighted by molar-refractivity contribution is 5.93. The number of likely N-dealkylation sites (tertiary alicyclic amines) is 1. The molecular formula is C15H20F3N3O2. The standard InChI is InChI=1S/C15H20F3N3O2/c1-20(2)13-6-5-10(15(16,17)18)8-12(13)19-14(23)21-7-3-4-11(22)9-21/h5-6,8,11,22H,3-4,7,9H2,1-2H3,(H,19,23). The Labute approximate surface area is 132 Å². The quantitative estimate of drug-likeness (QED) is 0.876. The van der Waals surface area contributed by atoms with Crippen molar-refractivity contribution in [1.29, 1.82) is 0 Å². The highest BCUT2D eigenvalue weighted by atomic mass is 19.4. The maximum absolute atomic E-state index is 12.9. The summed E-state index contributed by atoms with van der Waals surface area (Å²) >= 11 is 0. The minimum Gasteiger partial charge on any atom is -0.391 e. The number of anilines is 2. The number of β-amino-alcohol motifs (C(OH)–C–C–N with tert-alkyl or cyclic N) is 1. The van der Waals surface area contributed by atoms with E-state index in [9.17, 15) is 23.1 Å². The van der Waals surface area contributed by atoms with Crippen LogP contribution in [0.5, 0.6) is 0 Å². The zero-order valence-electron chi connectivity index (χ0n) is 13.0. The Hall–Kier alpha value is -1.96. The van der Waals surface area contributed by atoms with Crippen molar-refractivity contribution < 1.29 is 23.1 Å². The Kier molecular flexibility index (Phi) is 5.03. The maximum Gasteiger partial charge on any atom is 0.416 e. The number of nitrogens with zero attached hydrogens (tertiary/aromatic N) is 2. The van der Waals surface area contributed by atoms with Gasteiger partial charge >= 0.3 is 12.2 Å². The first kappa shape index (κ1) is 17.4. The number of benzene rings is 1. The van der Waals surface area contributed by atoms with E-state index in [2.05, 4.69) is 5.32 Å². The number of hydrogen-bond donors (Lipinski definition) is 2. The van der Waals surface area contributed by atoms with Crippen molar-refractivity contribution in [2.45, 2.75) is 25.1 Å². The van der Waals surface area contributed by atoms with Crippen LogP contribution in [0.15, 0.2) is 18.2 Å². The van der Waals surface area contributed by atoms with Crippen molar-refractivity contribution in [1.82, 2.24) is 4.90 Å². The van der Waals surface area contributed by atoms with Crippen LogP contribution in [0.25, 0.3) is 0 Å². The van der Waals surface area contributed by atoms with Crippen LogP contribution in [0.3, 0.4) is 0 Å². The van der Waals surface area contributed by atoms with Gasteiger partial charge in [0.2, 0.25) is 0 Å². The molecule has 0 saturated carbocycles. The number of aliphatic hydroxyl groups excluding tert-OH is 1. The van der Waals surface area contributed by atoms with Gasteiger partial charge in [-0.3, -0.25) is 0 Å². The summed E-state index contributed by atoms with van der Waals surface area (Å²) in [6, 6.07) is 2.72. The molecule has 1 aliphatic rings. The minimum absolute atomic E-state index is 0.0925. The number of aliphatic hydroxyl groups is 1. The summed E-state index contributed by atoms with van der Waals surface area (Å²) in [5.41, 5.74) is -0.254. The predicted molar refractivity (Wildman–Crippen MR) is 81.6 cm³/mol. The highest BCUT2D eigenvalue weighted by Crippen LogP contribution is 2.35. The average molecular weight is 331 g/mol. The topological polar surface area (TPSA) is 55.8 Å². The molecule has 2 N–H and O–H groups in total. The van der Waals surface area contributed by atoms with Gasteiger partial charge in [-0.1, -0.05) is 0 Å². The first-order valence-electron chi connectivity index (χ1n) is 7.31. The van der Waals surface area contributed by atoms with Crippen LogP contribution in [-0.4, -0.2) is 49.3 Å². The normalized spacial score (nSPS) is 18.7. The Morgan fingerprint density at radius 2 is 2.09 bits per heavy atom. The zero-order valence-corrected chi connectivity index (χ0v) is 13.0. The van der Waals surface area contributed by atoms with Gasteiger partial charge in [-0.25, -0.2) is 4.79 Å². The number of nitrogens with one attached hydrogen (secondary N) is 1. The second-order valence-electron chi connectivity index (χ2n) is 5.80. The number of rotatable bonds is 2. The number of alkyl halides is 3. The molecule has 23 heavy (non-hydrogen) atoms. The van der Waals surface area contributed by atoms with Gasteiger partial charge in [-0.15, -0.1) is 0 Å². The van der Waals surface area contributed by atoms with Gasteiger partial charge in [-0.05, 0) is 31.0 Å². The van der Waals surface area contributed by atoms with Crippen LogP contribution < -0.4 is 10.2 Å². The first-order chi connectivity index (χ1) is 10.7. The molecule has 1 fully saturated rings. The minimum atomic E-state index is -4.48. The van der Waals surface area contributed by atoms with E-state index in [0.29, 0.717) is 25.1 Å². The van der Waals surface area contributed by atoms with E-state index in [1.165, 1.54) is 11.0 Å². The van der Waals surface area contributed by atoms with E-state index >= 15 is 0 Å². The van der Waals surface area contributed by atoms with Gasteiger partial charge in [0.25, 0.3) is 0 Å². The number of piperidine rings is 1. The van der Waals surface area contributed by atoms with Crippen molar-refractivity contribution in [2.75, 3.05) is 37.4 Å².